The van der Waals surface area contributed by atoms with Crippen molar-refractivity contribution in [3.05, 3.63) is 29.8 Å². The summed E-state index contributed by atoms with van der Waals surface area (Å²) in [5.74, 6) is -9.68. The number of ether oxygens (including phenoxy) is 2. The fourth-order valence-corrected chi connectivity index (χ4v) is 1.06. The first-order valence-corrected chi connectivity index (χ1v) is 4.95. The van der Waals surface area contributed by atoms with Crippen LogP contribution >= 0.6 is 0 Å². The van der Waals surface area contributed by atoms with E-state index in [9.17, 15) is 31.5 Å². The Morgan fingerprint density at radius 1 is 1.00 bits per heavy atom. The summed E-state index contributed by atoms with van der Waals surface area (Å²) < 4.78 is 69.1. The van der Waals surface area contributed by atoms with Gasteiger partial charge in [-0.25, -0.2) is 9.59 Å². The highest BCUT2D eigenvalue weighted by atomic mass is 19.4. The maximum absolute atomic E-state index is 12.6. The third-order valence-corrected chi connectivity index (χ3v) is 2.10. The standard InChI is InChI=1S/C11H7F5O4/c1-19-8(17)6-2-4-7(5-3-6)20-9(18)10(12,13)11(14,15)16/h2-5H,1H3. The molecule has 0 spiro atoms. The lowest BCUT2D eigenvalue weighted by Gasteiger charge is -2.17. The number of benzene rings is 1. The van der Waals surface area contributed by atoms with Crippen LogP contribution in [0.4, 0.5) is 22.0 Å². The molecule has 0 aliphatic rings. The summed E-state index contributed by atoms with van der Waals surface area (Å²) in [6.07, 6.45) is -6.05. The van der Waals surface area contributed by atoms with Gasteiger partial charge in [0.2, 0.25) is 0 Å². The molecule has 9 heteroatoms. The number of methoxy groups -OCH3 is 1. The SMILES string of the molecule is COC(=O)c1ccc(OC(=O)C(F)(F)C(F)(F)F)cc1. The van der Waals surface area contributed by atoms with Gasteiger partial charge in [0.25, 0.3) is 0 Å². The number of hydrogen-bond donors (Lipinski definition) is 0. The molecule has 0 radical (unpaired) electrons. The van der Waals surface area contributed by atoms with Crippen molar-refractivity contribution >= 4 is 11.9 Å². The Kier molecular flexibility index (Phi) is 4.31. The largest absolute Gasteiger partial charge is 0.465 e. The molecule has 4 nitrogen and oxygen atoms in total. The monoisotopic (exact) mass is 298 g/mol. The third-order valence-electron chi connectivity index (χ3n) is 2.10. The van der Waals surface area contributed by atoms with Crippen molar-refractivity contribution in [2.45, 2.75) is 12.1 Å². The molecule has 1 aromatic rings. The van der Waals surface area contributed by atoms with Crippen molar-refractivity contribution in [1.29, 1.82) is 0 Å². The average molecular weight is 298 g/mol. The Morgan fingerprint density at radius 3 is 1.90 bits per heavy atom. The molecule has 0 aromatic heterocycles. The topological polar surface area (TPSA) is 52.6 Å². The van der Waals surface area contributed by atoms with Crippen LogP contribution < -0.4 is 4.74 Å². The predicted molar refractivity (Wildman–Crippen MR) is 54.4 cm³/mol. The van der Waals surface area contributed by atoms with E-state index >= 15 is 0 Å². The van der Waals surface area contributed by atoms with Crippen LogP contribution in [0.3, 0.4) is 0 Å². The van der Waals surface area contributed by atoms with Gasteiger partial charge in [-0.05, 0) is 24.3 Å². The van der Waals surface area contributed by atoms with Gasteiger partial charge >= 0.3 is 24.0 Å². The molecule has 0 unspecified atom stereocenters. The van der Waals surface area contributed by atoms with Crippen molar-refractivity contribution in [3.63, 3.8) is 0 Å². The molecule has 0 bridgehead atoms. The minimum absolute atomic E-state index is 0.00915. The van der Waals surface area contributed by atoms with E-state index in [1.54, 1.807) is 0 Å². The zero-order valence-electron chi connectivity index (χ0n) is 9.83. The van der Waals surface area contributed by atoms with Crippen LogP contribution in [-0.2, 0) is 9.53 Å². The van der Waals surface area contributed by atoms with E-state index in [1.165, 1.54) is 0 Å². The summed E-state index contributed by atoms with van der Waals surface area (Å²) in [5.41, 5.74) is 0.00915. The number of hydrogen-bond acceptors (Lipinski definition) is 4. The van der Waals surface area contributed by atoms with E-state index in [2.05, 4.69) is 9.47 Å². The maximum atomic E-state index is 12.6. The van der Waals surface area contributed by atoms with Gasteiger partial charge in [0, 0.05) is 0 Å². The zero-order chi connectivity index (χ0) is 15.6. The number of carbonyl (C=O) groups excluding carboxylic acids is 2. The lowest BCUT2D eigenvalue weighted by molar-refractivity contribution is -0.276. The highest BCUT2D eigenvalue weighted by Gasteiger charge is 2.65. The fraction of sp³-hybridized carbons (Fsp3) is 0.273. The first kappa shape index (κ1) is 15.9. The van der Waals surface area contributed by atoms with Crippen LogP contribution in [-0.4, -0.2) is 31.1 Å². The van der Waals surface area contributed by atoms with Crippen LogP contribution in [0, 0.1) is 0 Å². The van der Waals surface area contributed by atoms with Crippen molar-refractivity contribution < 1.29 is 41.0 Å². The second-order valence-electron chi connectivity index (χ2n) is 3.48. The van der Waals surface area contributed by atoms with Gasteiger partial charge in [0.1, 0.15) is 5.75 Å². The van der Waals surface area contributed by atoms with Crippen molar-refractivity contribution in [2.24, 2.45) is 0 Å². The van der Waals surface area contributed by atoms with E-state index < -0.39 is 29.8 Å². The summed E-state index contributed by atoms with van der Waals surface area (Å²) in [6, 6.07) is 3.85. The van der Waals surface area contributed by atoms with Gasteiger partial charge in [-0.2, -0.15) is 22.0 Å². The molecule has 20 heavy (non-hydrogen) atoms. The summed E-state index contributed by atoms with van der Waals surface area (Å²) in [6.45, 7) is 0. The molecule has 0 fully saturated rings. The fourth-order valence-electron chi connectivity index (χ4n) is 1.06. The molecular formula is C11H7F5O4. The summed E-state index contributed by atoms with van der Waals surface area (Å²) in [4.78, 5) is 21.8. The Balaban J connectivity index is 2.85. The molecule has 0 atom stereocenters. The number of esters is 2. The molecule has 110 valence electrons. The van der Waals surface area contributed by atoms with Gasteiger partial charge in [-0.1, -0.05) is 0 Å². The summed E-state index contributed by atoms with van der Waals surface area (Å²) in [7, 11) is 1.10. The Bertz CT molecular complexity index is 507. The Labute approximate surface area is 109 Å². The number of carbonyl (C=O) groups is 2. The van der Waals surface area contributed by atoms with Crippen molar-refractivity contribution in [1.82, 2.24) is 0 Å². The molecule has 1 rings (SSSR count). The molecular weight excluding hydrogens is 291 g/mol. The molecule has 0 aliphatic heterocycles. The Morgan fingerprint density at radius 2 is 1.50 bits per heavy atom. The normalized spacial score (nSPS) is 11.9. The van der Waals surface area contributed by atoms with Crippen LogP contribution in [0.15, 0.2) is 24.3 Å². The van der Waals surface area contributed by atoms with Gasteiger partial charge in [0.15, 0.2) is 0 Å². The van der Waals surface area contributed by atoms with Gasteiger partial charge in [0.05, 0.1) is 12.7 Å². The third kappa shape index (κ3) is 3.22. The van der Waals surface area contributed by atoms with E-state index in [0.717, 1.165) is 31.4 Å². The highest BCUT2D eigenvalue weighted by Crippen LogP contribution is 2.36. The second-order valence-corrected chi connectivity index (χ2v) is 3.48. The number of rotatable bonds is 3. The molecule has 0 saturated carbocycles. The lowest BCUT2D eigenvalue weighted by atomic mass is 10.2. The van der Waals surface area contributed by atoms with Crippen LogP contribution in [0.2, 0.25) is 0 Å². The highest BCUT2D eigenvalue weighted by molar-refractivity contribution is 5.89. The van der Waals surface area contributed by atoms with E-state index in [4.69, 9.17) is 0 Å². The smallest absolute Gasteiger partial charge is 0.465 e. The van der Waals surface area contributed by atoms with Gasteiger partial charge in [-0.3, -0.25) is 0 Å². The Hall–Kier alpha value is -2.19. The molecule has 0 aliphatic carbocycles. The first-order valence-electron chi connectivity index (χ1n) is 4.95. The maximum Gasteiger partial charge on any atom is 0.465 e. The molecule has 1 aromatic carbocycles. The summed E-state index contributed by atoms with van der Waals surface area (Å²) in [5, 5.41) is 0. The molecule has 0 amide bonds. The molecule has 0 N–H and O–H groups in total. The minimum Gasteiger partial charge on any atom is -0.465 e. The molecule has 0 saturated heterocycles. The van der Waals surface area contributed by atoms with Crippen LogP contribution in [0.5, 0.6) is 5.75 Å². The number of halogens is 5. The van der Waals surface area contributed by atoms with Crippen LogP contribution in [0.25, 0.3) is 0 Å². The zero-order valence-corrected chi connectivity index (χ0v) is 9.83. The van der Waals surface area contributed by atoms with E-state index in [0.29, 0.717) is 0 Å². The quantitative estimate of drug-likeness (QED) is 0.489. The van der Waals surface area contributed by atoms with Gasteiger partial charge in [-0.15, -0.1) is 0 Å². The number of alkyl halides is 5. The van der Waals surface area contributed by atoms with E-state index in [-0.39, 0.29) is 5.56 Å². The van der Waals surface area contributed by atoms with Crippen molar-refractivity contribution in [3.8, 4) is 5.75 Å². The lowest BCUT2D eigenvalue weighted by Crippen LogP contribution is -2.46. The average Bonchev–Trinajstić information content (AvgIpc) is 2.37. The second kappa shape index (κ2) is 5.43. The van der Waals surface area contributed by atoms with Gasteiger partial charge < -0.3 is 9.47 Å². The minimum atomic E-state index is -6.05. The van der Waals surface area contributed by atoms with Crippen molar-refractivity contribution in [2.75, 3.05) is 7.11 Å². The van der Waals surface area contributed by atoms with Crippen LogP contribution in [0.1, 0.15) is 10.4 Å². The first-order chi connectivity index (χ1) is 9.09. The summed E-state index contributed by atoms with van der Waals surface area (Å²) >= 11 is 0. The van der Waals surface area contributed by atoms with E-state index in [1.807, 2.05) is 0 Å². The molecule has 0 heterocycles. The predicted octanol–water partition coefficient (Wildman–Crippen LogP) is 2.58.